The minimum atomic E-state index is -1.29. The number of nitrogens with one attached hydrogen (secondary N) is 1. The molecular formula is C9H16N2O6. The van der Waals surface area contributed by atoms with Gasteiger partial charge in [-0.25, -0.2) is 4.79 Å². The average Bonchev–Trinajstić information content (AvgIpc) is 2.22. The highest BCUT2D eigenvalue weighted by Crippen LogP contribution is 1.98. The number of hydrogen-bond acceptors (Lipinski definition) is 6. The van der Waals surface area contributed by atoms with Gasteiger partial charge in [0.2, 0.25) is 5.91 Å². The van der Waals surface area contributed by atoms with E-state index in [-0.39, 0.29) is 0 Å². The summed E-state index contributed by atoms with van der Waals surface area (Å²) in [5, 5.41) is 19.8. The summed E-state index contributed by atoms with van der Waals surface area (Å²) < 4.78 is 4.36. The molecule has 17 heavy (non-hydrogen) atoms. The van der Waals surface area contributed by atoms with Gasteiger partial charge in [0.25, 0.3) is 0 Å². The Hall–Kier alpha value is -1.67. The first-order chi connectivity index (χ1) is 7.79. The molecule has 0 aliphatic heterocycles. The van der Waals surface area contributed by atoms with Crippen molar-refractivity contribution in [3.8, 4) is 0 Å². The van der Waals surface area contributed by atoms with Crippen molar-refractivity contribution in [1.29, 1.82) is 0 Å². The van der Waals surface area contributed by atoms with Crippen molar-refractivity contribution in [2.24, 2.45) is 5.73 Å². The van der Waals surface area contributed by atoms with Gasteiger partial charge in [0.1, 0.15) is 0 Å². The molecule has 0 bridgehead atoms. The maximum atomic E-state index is 11.4. The number of ether oxygens (including phenoxy) is 1. The highest BCUT2D eigenvalue weighted by molar-refractivity contribution is 5.90. The number of nitrogens with two attached hydrogens (primary N) is 1. The van der Waals surface area contributed by atoms with Crippen molar-refractivity contribution in [1.82, 2.24) is 5.32 Å². The van der Waals surface area contributed by atoms with E-state index in [9.17, 15) is 19.5 Å². The number of amides is 1. The molecule has 0 unspecified atom stereocenters. The third-order valence-corrected chi connectivity index (χ3v) is 1.97. The first kappa shape index (κ1) is 15.3. The number of aliphatic hydroxyl groups excluding tert-OH is 1. The third-order valence-electron chi connectivity index (χ3n) is 1.97. The van der Waals surface area contributed by atoms with Crippen LogP contribution in [0.15, 0.2) is 0 Å². The summed E-state index contributed by atoms with van der Waals surface area (Å²) in [5.41, 5.74) is 5.28. The molecule has 8 heteroatoms. The van der Waals surface area contributed by atoms with E-state index in [4.69, 9.17) is 10.8 Å². The maximum absolute atomic E-state index is 11.4. The number of aliphatic carboxylic acids is 1. The van der Waals surface area contributed by atoms with E-state index >= 15 is 0 Å². The van der Waals surface area contributed by atoms with E-state index in [1.807, 2.05) is 0 Å². The molecule has 0 fully saturated rings. The minimum absolute atomic E-state index is 0.570. The van der Waals surface area contributed by atoms with E-state index in [1.54, 1.807) is 0 Å². The molecule has 5 N–H and O–H groups in total. The molecule has 0 aliphatic rings. The molecule has 3 atom stereocenters. The number of aliphatic hydroxyl groups is 1. The van der Waals surface area contributed by atoms with Crippen molar-refractivity contribution in [2.45, 2.75) is 31.5 Å². The monoisotopic (exact) mass is 248 g/mol. The summed E-state index contributed by atoms with van der Waals surface area (Å²) in [5.74, 6) is -2.92. The molecule has 0 heterocycles. The number of esters is 1. The molecule has 0 saturated heterocycles. The van der Waals surface area contributed by atoms with E-state index in [2.05, 4.69) is 10.1 Å². The smallest absolute Gasteiger partial charge is 0.331 e. The lowest BCUT2D eigenvalue weighted by atomic mass is 10.1. The molecule has 0 aromatic heterocycles. The van der Waals surface area contributed by atoms with Crippen molar-refractivity contribution >= 4 is 17.8 Å². The van der Waals surface area contributed by atoms with E-state index in [1.165, 1.54) is 6.92 Å². The number of rotatable bonds is 6. The van der Waals surface area contributed by atoms with Crippen LogP contribution in [0.4, 0.5) is 0 Å². The molecule has 98 valence electrons. The van der Waals surface area contributed by atoms with Crippen LogP contribution in [-0.4, -0.2) is 53.4 Å². The third kappa shape index (κ3) is 5.27. The topological polar surface area (TPSA) is 139 Å². The van der Waals surface area contributed by atoms with Gasteiger partial charge in [-0.15, -0.1) is 0 Å². The Morgan fingerprint density at radius 2 is 1.94 bits per heavy atom. The second-order valence-corrected chi connectivity index (χ2v) is 3.45. The molecule has 0 aromatic carbocycles. The molecule has 0 aromatic rings. The number of carbonyl (C=O) groups is 3. The average molecular weight is 248 g/mol. The van der Waals surface area contributed by atoms with Gasteiger partial charge < -0.3 is 26.0 Å². The summed E-state index contributed by atoms with van der Waals surface area (Å²) in [7, 11) is 1.10. The molecule has 0 aliphatic carbocycles. The summed E-state index contributed by atoms with van der Waals surface area (Å²) in [6, 6.07) is -2.56. The van der Waals surface area contributed by atoms with Crippen molar-refractivity contribution in [3.63, 3.8) is 0 Å². The second kappa shape index (κ2) is 6.81. The fourth-order valence-corrected chi connectivity index (χ4v) is 1.04. The van der Waals surface area contributed by atoms with Gasteiger partial charge in [-0.3, -0.25) is 9.59 Å². The first-order valence-corrected chi connectivity index (χ1v) is 4.83. The fraction of sp³-hybridized carbons (Fsp3) is 0.667. The Labute approximate surface area is 97.7 Å². The van der Waals surface area contributed by atoms with Crippen LogP contribution < -0.4 is 11.1 Å². The second-order valence-electron chi connectivity index (χ2n) is 3.45. The zero-order valence-corrected chi connectivity index (χ0v) is 9.54. The van der Waals surface area contributed by atoms with Crippen LogP contribution in [-0.2, 0) is 19.1 Å². The summed E-state index contributed by atoms with van der Waals surface area (Å²) in [4.78, 5) is 32.9. The van der Waals surface area contributed by atoms with Crippen LogP contribution in [0.1, 0.15) is 13.3 Å². The number of hydrogen-bond donors (Lipinski definition) is 4. The van der Waals surface area contributed by atoms with Crippen LogP contribution in [0.2, 0.25) is 0 Å². The van der Waals surface area contributed by atoms with Crippen LogP contribution in [0.3, 0.4) is 0 Å². The molecule has 8 nitrogen and oxygen atoms in total. The first-order valence-electron chi connectivity index (χ1n) is 4.83. The highest BCUT2D eigenvalue weighted by Gasteiger charge is 2.28. The zero-order chi connectivity index (χ0) is 13.6. The maximum Gasteiger partial charge on any atom is 0.331 e. The molecule has 0 rings (SSSR count). The Morgan fingerprint density at radius 1 is 1.41 bits per heavy atom. The van der Waals surface area contributed by atoms with Gasteiger partial charge in [0.05, 0.1) is 25.7 Å². The van der Waals surface area contributed by atoms with Crippen molar-refractivity contribution < 1.29 is 29.3 Å². The number of methoxy groups -OCH3 is 1. The van der Waals surface area contributed by atoms with E-state index in [0.717, 1.165) is 7.11 Å². The SMILES string of the molecule is COC(=O)[C@H](NC(=O)[C@@H](N)CC(=O)O)[C@H](C)O. The molecule has 1 amide bonds. The predicted octanol–water partition coefficient (Wildman–Crippen LogP) is -2.17. The van der Waals surface area contributed by atoms with Crippen molar-refractivity contribution in [2.75, 3.05) is 7.11 Å². The lowest BCUT2D eigenvalue weighted by molar-refractivity contribution is -0.148. The van der Waals surface area contributed by atoms with E-state index < -0.39 is 42.5 Å². The largest absolute Gasteiger partial charge is 0.481 e. The highest BCUT2D eigenvalue weighted by atomic mass is 16.5. The van der Waals surface area contributed by atoms with Gasteiger partial charge in [-0.1, -0.05) is 0 Å². The predicted molar refractivity (Wildman–Crippen MR) is 55.9 cm³/mol. The number of carboxylic acids is 1. The lowest BCUT2D eigenvalue weighted by Crippen LogP contribution is -2.53. The van der Waals surface area contributed by atoms with E-state index in [0.29, 0.717) is 0 Å². The Bertz CT molecular complexity index is 304. The van der Waals surface area contributed by atoms with Crippen LogP contribution in [0, 0.1) is 0 Å². The van der Waals surface area contributed by atoms with Crippen LogP contribution in [0.25, 0.3) is 0 Å². The fourth-order valence-electron chi connectivity index (χ4n) is 1.04. The molecule has 0 radical (unpaired) electrons. The minimum Gasteiger partial charge on any atom is -0.481 e. The Kier molecular flexibility index (Phi) is 6.15. The van der Waals surface area contributed by atoms with Crippen LogP contribution in [0.5, 0.6) is 0 Å². The van der Waals surface area contributed by atoms with Gasteiger partial charge >= 0.3 is 11.9 Å². The van der Waals surface area contributed by atoms with Crippen molar-refractivity contribution in [3.05, 3.63) is 0 Å². The van der Waals surface area contributed by atoms with Gasteiger partial charge in [-0.2, -0.15) is 0 Å². The summed E-state index contributed by atoms with van der Waals surface area (Å²) in [6.07, 6.45) is -1.75. The quantitative estimate of drug-likeness (QED) is 0.392. The van der Waals surface area contributed by atoms with Gasteiger partial charge in [0, 0.05) is 0 Å². The normalized spacial score (nSPS) is 15.5. The Balaban J connectivity index is 4.50. The zero-order valence-electron chi connectivity index (χ0n) is 9.54. The van der Waals surface area contributed by atoms with Crippen LogP contribution >= 0.6 is 0 Å². The number of carbonyl (C=O) groups excluding carboxylic acids is 2. The summed E-state index contributed by atoms with van der Waals surface area (Å²) in [6.45, 7) is 1.28. The van der Waals surface area contributed by atoms with Gasteiger partial charge in [-0.05, 0) is 6.92 Å². The lowest BCUT2D eigenvalue weighted by Gasteiger charge is -2.20. The standard InChI is InChI=1S/C9H16N2O6/c1-4(12)7(9(16)17-2)11-8(15)5(10)3-6(13)14/h4-5,7,12H,3,10H2,1-2H3,(H,11,15)(H,13,14)/t4-,5-,7+/m0/s1. The number of carboxylic acid groups (broad SMARTS) is 1. The molecular weight excluding hydrogens is 232 g/mol. The summed E-state index contributed by atoms with van der Waals surface area (Å²) >= 11 is 0. The van der Waals surface area contributed by atoms with Gasteiger partial charge in [0.15, 0.2) is 6.04 Å². The Morgan fingerprint density at radius 3 is 2.29 bits per heavy atom. The molecule has 0 saturated carbocycles. The molecule has 0 spiro atoms.